The van der Waals surface area contributed by atoms with Gasteiger partial charge in [-0.1, -0.05) is 60.7 Å². The average Bonchev–Trinajstić information content (AvgIpc) is 3.36. The maximum Gasteiger partial charge on any atom is 0.408 e. The lowest BCUT2D eigenvalue weighted by atomic mass is 10.0. The molecule has 9 heteroatoms. The van der Waals surface area contributed by atoms with Crippen LogP contribution in [0.25, 0.3) is 0 Å². The van der Waals surface area contributed by atoms with Gasteiger partial charge in [-0.05, 0) is 51.7 Å². The van der Waals surface area contributed by atoms with Crippen molar-refractivity contribution >= 4 is 23.9 Å². The van der Waals surface area contributed by atoms with Gasteiger partial charge in [-0.25, -0.2) is 9.59 Å². The number of benzene rings is 2. The molecule has 0 saturated carbocycles. The number of nitrogens with zero attached hydrogens (tertiary/aromatic N) is 1. The molecule has 3 amide bonds. The van der Waals surface area contributed by atoms with Crippen LogP contribution in [0.2, 0.25) is 0 Å². The first-order chi connectivity index (χ1) is 18.0. The smallest absolute Gasteiger partial charge is 0.408 e. The number of esters is 1. The zero-order chi connectivity index (χ0) is 27.7. The highest BCUT2D eigenvalue weighted by atomic mass is 16.6. The Morgan fingerprint density at radius 3 is 2.16 bits per heavy atom. The number of hydrogen-bond acceptors (Lipinski definition) is 6. The van der Waals surface area contributed by atoms with Gasteiger partial charge in [-0.2, -0.15) is 0 Å². The van der Waals surface area contributed by atoms with Crippen LogP contribution in [0, 0.1) is 0 Å². The van der Waals surface area contributed by atoms with Crippen molar-refractivity contribution in [1.29, 1.82) is 0 Å². The summed E-state index contributed by atoms with van der Waals surface area (Å²) in [7, 11) is 0. The highest BCUT2D eigenvalue weighted by Crippen LogP contribution is 2.21. The van der Waals surface area contributed by atoms with Gasteiger partial charge in [0.1, 0.15) is 30.3 Å². The molecule has 38 heavy (non-hydrogen) atoms. The Bertz CT molecular complexity index is 1100. The van der Waals surface area contributed by atoms with Gasteiger partial charge in [-0.15, -0.1) is 0 Å². The van der Waals surface area contributed by atoms with Gasteiger partial charge in [0.2, 0.25) is 11.8 Å². The van der Waals surface area contributed by atoms with E-state index < -0.39 is 41.7 Å². The fourth-order valence-corrected chi connectivity index (χ4v) is 4.20. The van der Waals surface area contributed by atoms with E-state index >= 15 is 0 Å². The van der Waals surface area contributed by atoms with Crippen molar-refractivity contribution in [2.45, 2.75) is 77.3 Å². The van der Waals surface area contributed by atoms with Crippen molar-refractivity contribution in [3.8, 4) is 0 Å². The van der Waals surface area contributed by atoms with Gasteiger partial charge < -0.3 is 25.0 Å². The van der Waals surface area contributed by atoms with E-state index in [1.54, 1.807) is 20.8 Å². The van der Waals surface area contributed by atoms with Crippen molar-refractivity contribution in [1.82, 2.24) is 15.5 Å². The van der Waals surface area contributed by atoms with E-state index in [1.807, 2.05) is 60.7 Å². The van der Waals surface area contributed by atoms with E-state index in [2.05, 4.69) is 10.6 Å². The maximum atomic E-state index is 13.7. The zero-order valence-electron chi connectivity index (χ0n) is 22.4. The molecule has 3 atom stereocenters. The number of hydrogen-bond donors (Lipinski definition) is 2. The lowest BCUT2D eigenvalue weighted by molar-refractivity contribution is -0.155. The van der Waals surface area contributed by atoms with E-state index in [-0.39, 0.29) is 18.9 Å². The van der Waals surface area contributed by atoms with Gasteiger partial charge >= 0.3 is 12.1 Å². The Labute approximate surface area is 223 Å². The number of likely N-dealkylation sites (tertiary alicyclic amines) is 1. The van der Waals surface area contributed by atoms with Gasteiger partial charge in [0, 0.05) is 13.0 Å². The SMILES string of the molecule is C[C@H](NC(=O)OC(C)(C)C)C(=O)N[C@@H](Cc1ccccc1)C(=O)N1CCCC1C(=O)OCc1ccccc1. The zero-order valence-corrected chi connectivity index (χ0v) is 22.4. The van der Waals surface area contributed by atoms with Crippen LogP contribution in [0.3, 0.4) is 0 Å². The van der Waals surface area contributed by atoms with Crippen LogP contribution in [0.15, 0.2) is 60.7 Å². The molecule has 204 valence electrons. The minimum absolute atomic E-state index is 0.121. The van der Waals surface area contributed by atoms with Crippen LogP contribution >= 0.6 is 0 Å². The summed E-state index contributed by atoms with van der Waals surface area (Å²) in [6.07, 6.45) is 0.640. The summed E-state index contributed by atoms with van der Waals surface area (Å²) >= 11 is 0. The quantitative estimate of drug-likeness (QED) is 0.487. The molecule has 1 aliphatic rings. The van der Waals surface area contributed by atoms with E-state index in [0.717, 1.165) is 11.1 Å². The van der Waals surface area contributed by atoms with Crippen molar-refractivity contribution in [2.24, 2.45) is 0 Å². The molecule has 0 radical (unpaired) electrons. The third-order valence-electron chi connectivity index (χ3n) is 6.06. The largest absolute Gasteiger partial charge is 0.459 e. The van der Waals surface area contributed by atoms with Crippen molar-refractivity contribution in [3.63, 3.8) is 0 Å². The molecule has 0 aromatic heterocycles. The minimum atomic E-state index is -0.943. The Morgan fingerprint density at radius 2 is 1.55 bits per heavy atom. The first-order valence-corrected chi connectivity index (χ1v) is 12.9. The van der Waals surface area contributed by atoms with Crippen molar-refractivity contribution in [3.05, 3.63) is 71.8 Å². The normalized spacial score (nSPS) is 16.7. The molecular formula is C29H37N3O6. The third kappa shape index (κ3) is 8.61. The number of nitrogens with one attached hydrogen (secondary N) is 2. The topological polar surface area (TPSA) is 114 Å². The number of amides is 3. The fraction of sp³-hybridized carbons (Fsp3) is 0.448. The first-order valence-electron chi connectivity index (χ1n) is 12.9. The Balaban J connectivity index is 1.70. The summed E-state index contributed by atoms with van der Waals surface area (Å²) in [5.74, 6) is -1.37. The molecule has 1 unspecified atom stereocenters. The average molecular weight is 524 g/mol. The number of carbonyl (C=O) groups excluding carboxylic acids is 4. The Morgan fingerprint density at radius 1 is 0.947 bits per heavy atom. The highest BCUT2D eigenvalue weighted by Gasteiger charge is 2.39. The lowest BCUT2D eigenvalue weighted by Crippen LogP contribution is -2.56. The van der Waals surface area contributed by atoms with Crippen LogP contribution in [0.4, 0.5) is 4.79 Å². The molecule has 0 spiro atoms. The summed E-state index contributed by atoms with van der Waals surface area (Å²) in [5, 5.41) is 5.28. The minimum Gasteiger partial charge on any atom is -0.459 e. The van der Waals surface area contributed by atoms with Gasteiger partial charge in [0.25, 0.3) is 0 Å². The Kier molecular flexibility index (Phi) is 9.87. The van der Waals surface area contributed by atoms with Crippen LogP contribution in [0.1, 0.15) is 51.7 Å². The van der Waals surface area contributed by atoms with E-state index in [0.29, 0.717) is 19.4 Å². The molecule has 1 saturated heterocycles. The Hall–Kier alpha value is -3.88. The summed E-state index contributed by atoms with van der Waals surface area (Å²) in [4.78, 5) is 53.2. The second-order valence-corrected chi connectivity index (χ2v) is 10.4. The molecule has 1 aliphatic heterocycles. The van der Waals surface area contributed by atoms with Crippen LogP contribution in [-0.4, -0.2) is 59.0 Å². The summed E-state index contributed by atoms with van der Waals surface area (Å²) in [5.41, 5.74) is 0.991. The monoisotopic (exact) mass is 523 g/mol. The molecule has 9 nitrogen and oxygen atoms in total. The second-order valence-electron chi connectivity index (χ2n) is 10.4. The standard InChI is InChI=1S/C29H37N3O6/c1-20(30-28(36)38-29(2,3)4)25(33)31-23(18-21-12-7-5-8-13-21)26(34)32-17-11-16-24(32)27(35)37-19-22-14-9-6-10-15-22/h5-10,12-15,20,23-24H,11,16-19H2,1-4H3,(H,30,36)(H,31,33)/t20-,23-,24?/m0/s1. The third-order valence-corrected chi connectivity index (χ3v) is 6.06. The second kappa shape index (κ2) is 13.1. The highest BCUT2D eigenvalue weighted by molar-refractivity contribution is 5.93. The number of rotatable bonds is 9. The van der Waals surface area contributed by atoms with Crippen molar-refractivity contribution < 1.29 is 28.7 Å². The molecule has 1 heterocycles. The summed E-state index contributed by atoms with van der Waals surface area (Å²) < 4.78 is 10.7. The molecule has 0 aliphatic carbocycles. The first kappa shape index (κ1) is 28.7. The molecule has 0 bridgehead atoms. The molecule has 3 rings (SSSR count). The fourth-order valence-electron chi connectivity index (χ4n) is 4.20. The van der Waals surface area contributed by atoms with E-state index in [9.17, 15) is 19.2 Å². The number of alkyl carbamates (subject to hydrolysis) is 1. The molecule has 2 aromatic carbocycles. The predicted octanol–water partition coefficient (Wildman–Crippen LogP) is 3.36. The molecule has 1 fully saturated rings. The summed E-state index contributed by atoms with van der Waals surface area (Å²) in [6, 6.07) is 16.0. The van der Waals surface area contributed by atoms with E-state index in [1.165, 1.54) is 11.8 Å². The van der Waals surface area contributed by atoms with Crippen molar-refractivity contribution in [2.75, 3.05) is 6.54 Å². The number of carbonyl (C=O) groups is 4. The van der Waals surface area contributed by atoms with Gasteiger partial charge in [0.05, 0.1) is 0 Å². The van der Waals surface area contributed by atoms with Crippen LogP contribution in [-0.2, 0) is 36.9 Å². The summed E-state index contributed by atoms with van der Waals surface area (Å²) in [6.45, 7) is 7.20. The van der Waals surface area contributed by atoms with Crippen LogP contribution < -0.4 is 10.6 Å². The molecule has 2 aromatic rings. The lowest BCUT2D eigenvalue weighted by Gasteiger charge is -2.29. The molecular weight excluding hydrogens is 486 g/mol. The maximum absolute atomic E-state index is 13.7. The van der Waals surface area contributed by atoms with Crippen LogP contribution in [0.5, 0.6) is 0 Å². The van der Waals surface area contributed by atoms with E-state index in [4.69, 9.17) is 9.47 Å². The number of ether oxygens (including phenoxy) is 2. The van der Waals surface area contributed by atoms with Gasteiger partial charge in [0.15, 0.2) is 0 Å². The van der Waals surface area contributed by atoms with Gasteiger partial charge in [-0.3, -0.25) is 9.59 Å². The molecule has 2 N–H and O–H groups in total. The predicted molar refractivity (Wildman–Crippen MR) is 142 cm³/mol.